The normalized spacial score (nSPS) is 21.2. The molecule has 0 radical (unpaired) electrons. The Morgan fingerprint density at radius 2 is 2.12 bits per heavy atom. The van der Waals surface area contributed by atoms with E-state index in [1.165, 1.54) is 5.56 Å². The molecule has 2 heterocycles. The summed E-state index contributed by atoms with van der Waals surface area (Å²) in [6, 6.07) is 12.3. The Morgan fingerprint density at radius 3 is 2.80 bits per heavy atom. The van der Waals surface area contributed by atoms with E-state index in [0.29, 0.717) is 18.3 Å². The molecule has 2 atom stereocenters. The highest BCUT2D eigenvalue weighted by Crippen LogP contribution is 2.24. The first-order chi connectivity index (χ1) is 12.1. The highest BCUT2D eigenvalue weighted by molar-refractivity contribution is 5.91. The summed E-state index contributed by atoms with van der Waals surface area (Å²) >= 11 is 0. The molecule has 0 unspecified atom stereocenters. The van der Waals surface area contributed by atoms with Gasteiger partial charge in [-0.2, -0.15) is 5.10 Å². The first-order valence-corrected chi connectivity index (χ1v) is 8.72. The van der Waals surface area contributed by atoms with Crippen molar-refractivity contribution in [2.24, 2.45) is 13.0 Å². The summed E-state index contributed by atoms with van der Waals surface area (Å²) in [6.07, 6.45) is 4.01. The fourth-order valence-corrected chi connectivity index (χ4v) is 3.46. The minimum Gasteiger partial charge on any atom is -0.380 e. The molecule has 1 aromatic carbocycles. The summed E-state index contributed by atoms with van der Waals surface area (Å²) < 4.78 is 7.39. The van der Waals surface area contributed by atoms with Crippen LogP contribution in [0.4, 0.5) is 5.82 Å². The molecule has 1 aliphatic heterocycles. The van der Waals surface area contributed by atoms with Crippen LogP contribution in [0.1, 0.15) is 12.0 Å². The van der Waals surface area contributed by atoms with E-state index in [4.69, 9.17) is 4.74 Å². The molecule has 1 aromatic heterocycles. The third-order valence-electron chi connectivity index (χ3n) is 4.77. The number of nitrogens with zero attached hydrogens (tertiary/aromatic N) is 3. The van der Waals surface area contributed by atoms with E-state index in [2.05, 4.69) is 39.6 Å². The van der Waals surface area contributed by atoms with Crippen molar-refractivity contribution < 1.29 is 9.53 Å². The number of likely N-dealkylation sites (tertiary alicyclic amines) is 1. The highest BCUT2D eigenvalue weighted by atomic mass is 16.5. The predicted molar refractivity (Wildman–Crippen MR) is 97.3 cm³/mol. The van der Waals surface area contributed by atoms with Gasteiger partial charge in [0.05, 0.1) is 12.6 Å². The monoisotopic (exact) mass is 342 g/mol. The van der Waals surface area contributed by atoms with E-state index in [-0.39, 0.29) is 12.0 Å². The number of amides is 1. The third-order valence-corrected chi connectivity index (χ3v) is 4.77. The third kappa shape index (κ3) is 4.90. The number of hydrogen-bond donors (Lipinski definition) is 1. The standard InChI is InChI=1S/C19H26N4O2/c1-22-10-9-18(21-22)20-19(24)14-23-11-8-16(17(13-23)25-2)12-15-6-4-3-5-7-15/h3-7,9-10,16-17H,8,11-14H2,1-2H3,(H,20,21,24)/t16-,17+/m1/s1. The zero-order valence-corrected chi connectivity index (χ0v) is 14.9. The summed E-state index contributed by atoms with van der Waals surface area (Å²) in [5, 5.41) is 7.02. The lowest BCUT2D eigenvalue weighted by atomic mass is 9.87. The fraction of sp³-hybridized carbons (Fsp3) is 0.474. The molecule has 3 rings (SSSR count). The van der Waals surface area contributed by atoms with Gasteiger partial charge in [-0.1, -0.05) is 30.3 Å². The molecule has 1 saturated heterocycles. The number of piperidine rings is 1. The minimum atomic E-state index is -0.0323. The number of carbonyl (C=O) groups is 1. The van der Waals surface area contributed by atoms with Crippen LogP contribution >= 0.6 is 0 Å². The van der Waals surface area contributed by atoms with Gasteiger partial charge < -0.3 is 10.1 Å². The second kappa shape index (κ2) is 8.27. The molecular weight excluding hydrogens is 316 g/mol. The summed E-state index contributed by atoms with van der Waals surface area (Å²) in [5.74, 6) is 1.05. The molecule has 0 bridgehead atoms. The van der Waals surface area contributed by atoms with Crippen molar-refractivity contribution >= 4 is 11.7 Å². The largest absolute Gasteiger partial charge is 0.380 e. The van der Waals surface area contributed by atoms with Crippen LogP contribution in [-0.2, 0) is 23.0 Å². The fourth-order valence-electron chi connectivity index (χ4n) is 3.46. The molecule has 1 N–H and O–H groups in total. The van der Waals surface area contributed by atoms with E-state index in [9.17, 15) is 4.79 Å². The average molecular weight is 342 g/mol. The maximum absolute atomic E-state index is 12.2. The van der Waals surface area contributed by atoms with Crippen molar-refractivity contribution in [3.05, 3.63) is 48.2 Å². The number of aryl methyl sites for hydroxylation is 1. The van der Waals surface area contributed by atoms with Crippen molar-refractivity contribution in [3.63, 3.8) is 0 Å². The van der Waals surface area contributed by atoms with Crippen LogP contribution in [0.2, 0.25) is 0 Å². The highest BCUT2D eigenvalue weighted by Gasteiger charge is 2.30. The first kappa shape index (κ1) is 17.6. The lowest BCUT2D eigenvalue weighted by Gasteiger charge is -2.37. The van der Waals surface area contributed by atoms with Crippen LogP contribution < -0.4 is 5.32 Å². The van der Waals surface area contributed by atoms with Gasteiger partial charge in [0.25, 0.3) is 0 Å². The number of aromatic nitrogens is 2. The summed E-state index contributed by atoms with van der Waals surface area (Å²) in [4.78, 5) is 14.4. The summed E-state index contributed by atoms with van der Waals surface area (Å²) in [5.41, 5.74) is 1.34. The van der Waals surface area contributed by atoms with Crippen molar-refractivity contribution in [1.82, 2.24) is 14.7 Å². The van der Waals surface area contributed by atoms with Crippen LogP contribution in [0.5, 0.6) is 0 Å². The van der Waals surface area contributed by atoms with Crippen LogP contribution in [0.15, 0.2) is 42.6 Å². The molecule has 1 aliphatic rings. The molecule has 2 aromatic rings. The zero-order chi connectivity index (χ0) is 17.6. The van der Waals surface area contributed by atoms with Crippen LogP contribution in [0, 0.1) is 5.92 Å². The quantitative estimate of drug-likeness (QED) is 0.872. The molecule has 6 nitrogen and oxygen atoms in total. The molecule has 1 amide bonds. The van der Waals surface area contributed by atoms with E-state index in [1.54, 1.807) is 17.9 Å². The van der Waals surface area contributed by atoms with Crippen molar-refractivity contribution in [2.75, 3.05) is 32.1 Å². The smallest absolute Gasteiger partial charge is 0.239 e. The van der Waals surface area contributed by atoms with Gasteiger partial charge in [0.15, 0.2) is 5.82 Å². The second-order valence-electron chi connectivity index (χ2n) is 6.67. The van der Waals surface area contributed by atoms with E-state index < -0.39 is 0 Å². The molecule has 0 spiro atoms. The first-order valence-electron chi connectivity index (χ1n) is 8.72. The molecule has 6 heteroatoms. The molecule has 1 fully saturated rings. The van der Waals surface area contributed by atoms with Crippen LogP contribution in [-0.4, -0.2) is 53.4 Å². The SMILES string of the molecule is CO[C@H]1CN(CC(=O)Nc2ccn(C)n2)CC[C@@H]1Cc1ccccc1. The number of rotatable bonds is 6. The number of nitrogens with one attached hydrogen (secondary N) is 1. The van der Waals surface area contributed by atoms with Gasteiger partial charge in [0.2, 0.25) is 5.91 Å². The van der Waals surface area contributed by atoms with Crippen molar-refractivity contribution in [1.29, 1.82) is 0 Å². The van der Waals surface area contributed by atoms with Crippen LogP contribution in [0.3, 0.4) is 0 Å². The van der Waals surface area contributed by atoms with Crippen LogP contribution in [0.25, 0.3) is 0 Å². The maximum atomic E-state index is 12.2. The second-order valence-corrected chi connectivity index (χ2v) is 6.67. The van der Waals surface area contributed by atoms with Crippen molar-refractivity contribution in [3.8, 4) is 0 Å². The Balaban J connectivity index is 1.51. The molecule has 0 aliphatic carbocycles. The number of benzene rings is 1. The topological polar surface area (TPSA) is 59.4 Å². The van der Waals surface area contributed by atoms with Gasteiger partial charge in [-0.15, -0.1) is 0 Å². The number of anilines is 1. The number of carbonyl (C=O) groups excluding carboxylic acids is 1. The Labute approximate surface area is 148 Å². The van der Waals surface area contributed by atoms with Gasteiger partial charge in [-0.3, -0.25) is 14.4 Å². The van der Waals surface area contributed by atoms with Gasteiger partial charge in [0, 0.05) is 33.0 Å². The average Bonchev–Trinajstić information content (AvgIpc) is 3.01. The number of methoxy groups -OCH3 is 1. The Morgan fingerprint density at radius 1 is 1.32 bits per heavy atom. The summed E-state index contributed by atoms with van der Waals surface area (Å²) in [7, 11) is 3.59. The number of ether oxygens (including phenoxy) is 1. The van der Waals surface area contributed by atoms with Gasteiger partial charge >= 0.3 is 0 Å². The van der Waals surface area contributed by atoms with Gasteiger partial charge in [0.1, 0.15) is 0 Å². The zero-order valence-electron chi connectivity index (χ0n) is 14.9. The molecule has 134 valence electrons. The Kier molecular flexibility index (Phi) is 5.83. The number of hydrogen-bond acceptors (Lipinski definition) is 4. The van der Waals surface area contributed by atoms with E-state index in [1.807, 2.05) is 19.3 Å². The lowest BCUT2D eigenvalue weighted by molar-refractivity contribution is -0.118. The predicted octanol–water partition coefficient (Wildman–Crippen LogP) is 1.94. The molecule has 0 saturated carbocycles. The maximum Gasteiger partial charge on any atom is 0.239 e. The van der Waals surface area contributed by atoms with Crippen molar-refractivity contribution in [2.45, 2.75) is 18.9 Å². The Hall–Kier alpha value is -2.18. The lowest BCUT2D eigenvalue weighted by Crippen LogP contribution is -2.47. The van der Waals surface area contributed by atoms with E-state index in [0.717, 1.165) is 25.9 Å². The summed E-state index contributed by atoms with van der Waals surface area (Å²) in [6.45, 7) is 2.06. The van der Waals surface area contributed by atoms with Gasteiger partial charge in [-0.25, -0.2) is 0 Å². The van der Waals surface area contributed by atoms with Gasteiger partial charge in [-0.05, 0) is 30.9 Å². The molecule has 25 heavy (non-hydrogen) atoms. The van der Waals surface area contributed by atoms with E-state index >= 15 is 0 Å². The Bertz CT molecular complexity index is 686. The minimum absolute atomic E-state index is 0.0323. The molecular formula is C19H26N4O2.